The van der Waals surface area contributed by atoms with Gasteiger partial charge in [-0.2, -0.15) is 0 Å². The van der Waals surface area contributed by atoms with Crippen LogP contribution in [0.3, 0.4) is 0 Å². The van der Waals surface area contributed by atoms with E-state index in [1.54, 1.807) is 24.3 Å². The normalized spacial score (nSPS) is 13.8. The van der Waals surface area contributed by atoms with Gasteiger partial charge in [0.25, 0.3) is 11.8 Å². The van der Waals surface area contributed by atoms with Gasteiger partial charge in [-0.3, -0.25) is 14.8 Å². The zero-order chi connectivity index (χ0) is 21.1. The molecule has 2 aromatic carbocycles. The Labute approximate surface area is 173 Å². The molecule has 1 aliphatic rings. The molecule has 1 aliphatic heterocycles. The Hall–Kier alpha value is -3.58. The molecule has 0 radical (unpaired) electrons. The summed E-state index contributed by atoms with van der Waals surface area (Å²) in [5, 5.41) is 9.70. The van der Waals surface area contributed by atoms with Crippen molar-refractivity contribution in [1.29, 1.82) is 0 Å². The highest BCUT2D eigenvalue weighted by Crippen LogP contribution is 2.32. The van der Waals surface area contributed by atoms with Crippen molar-refractivity contribution in [3.63, 3.8) is 0 Å². The number of ether oxygens (including phenoxy) is 1. The van der Waals surface area contributed by atoms with E-state index in [4.69, 9.17) is 9.94 Å². The van der Waals surface area contributed by atoms with Crippen LogP contribution < -0.4 is 10.2 Å². The lowest BCUT2D eigenvalue weighted by Crippen LogP contribution is -2.34. The molecule has 7 nitrogen and oxygen atoms in total. The van der Waals surface area contributed by atoms with Crippen molar-refractivity contribution in [2.24, 2.45) is 0 Å². The first-order valence-electron chi connectivity index (χ1n) is 9.78. The van der Waals surface area contributed by atoms with Crippen molar-refractivity contribution < 1.29 is 19.5 Å². The van der Waals surface area contributed by atoms with Crippen molar-refractivity contribution >= 4 is 28.3 Å². The van der Waals surface area contributed by atoms with Crippen molar-refractivity contribution in [2.75, 3.05) is 19.7 Å². The molecule has 30 heavy (non-hydrogen) atoms. The highest BCUT2D eigenvalue weighted by Gasteiger charge is 2.21. The average Bonchev–Trinajstić information content (AvgIpc) is 3.13. The second-order valence-corrected chi connectivity index (χ2v) is 7.25. The molecule has 0 atom stereocenters. The summed E-state index contributed by atoms with van der Waals surface area (Å²) in [5.41, 5.74) is 6.85. The molecule has 0 fully saturated rings. The van der Waals surface area contributed by atoms with E-state index in [0.29, 0.717) is 24.4 Å². The van der Waals surface area contributed by atoms with Gasteiger partial charge in [0.1, 0.15) is 5.75 Å². The van der Waals surface area contributed by atoms with Gasteiger partial charge in [0.15, 0.2) is 6.61 Å². The molecule has 0 spiro atoms. The van der Waals surface area contributed by atoms with E-state index in [1.165, 1.54) is 22.0 Å². The molecular weight excluding hydrogens is 382 g/mol. The summed E-state index contributed by atoms with van der Waals surface area (Å²) in [4.78, 5) is 29.1. The Balaban J connectivity index is 1.44. The third-order valence-electron chi connectivity index (χ3n) is 5.31. The number of hydrogen-bond donors (Lipinski definition) is 3. The topological polar surface area (TPSA) is 94.7 Å². The van der Waals surface area contributed by atoms with Crippen LogP contribution in [0.2, 0.25) is 0 Å². The van der Waals surface area contributed by atoms with Gasteiger partial charge in [-0.05, 0) is 49.2 Å². The van der Waals surface area contributed by atoms with Crippen LogP contribution in [0, 0.1) is 6.92 Å². The van der Waals surface area contributed by atoms with Crippen LogP contribution >= 0.6 is 0 Å². The van der Waals surface area contributed by atoms with Gasteiger partial charge in [-0.15, -0.1) is 0 Å². The Bertz CT molecular complexity index is 1120. The fourth-order valence-corrected chi connectivity index (χ4v) is 3.83. The van der Waals surface area contributed by atoms with Gasteiger partial charge < -0.3 is 14.6 Å². The van der Waals surface area contributed by atoms with Gasteiger partial charge in [0.05, 0.1) is 0 Å². The van der Waals surface area contributed by atoms with Crippen molar-refractivity contribution in [3.05, 3.63) is 71.4 Å². The third kappa shape index (κ3) is 3.92. The standard InChI is InChI=1S/C23H23N3O4/c1-15-22(19-4-2-3-5-20(19)24-15)16-10-12-26(13-11-16)23(28)17-6-8-18(9-7-17)30-14-21(27)25-29/h2-10,24,29H,11-14H2,1H3,(H,25,27). The molecule has 1 aromatic heterocycles. The van der Waals surface area contributed by atoms with Crippen molar-refractivity contribution in [2.45, 2.75) is 13.3 Å². The maximum Gasteiger partial charge on any atom is 0.281 e. The number of amides is 2. The quantitative estimate of drug-likeness (QED) is 0.448. The number of nitrogens with zero attached hydrogens (tertiary/aromatic N) is 1. The van der Waals surface area contributed by atoms with E-state index < -0.39 is 5.91 Å². The molecule has 0 aliphatic carbocycles. The summed E-state index contributed by atoms with van der Waals surface area (Å²) >= 11 is 0. The van der Waals surface area contributed by atoms with Crippen LogP contribution in [0.1, 0.15) is 28.0 Å². The lowest BCUT2D eigenvalue weighted by Gasteiger charge is -2.27. The fourth-order valence-electron chi connectivity index (χ4n) is 3.83. The number of hydroxylamine groups is 1. The Morgan fingerprint density at radius 2 is 1.93 bits per heavy atom. The highest BCUT2D eigenvalue weighted by atomic mass is 16.5. The average molecular weight is 405 g/mol. The maximum atomic E-state index is 12.8. The number of aromatic nitrogens is 1. The van der Waals surface area contributed by atoms with Crippen LogP contribution in [0.4, 0.5) is 0 Å². The predicted octanol–water partition coefficient (Wildman–Crippen LogP) is 3.29. The van der Waals surface area contributed by atoms with Crippen LogP contribution in [0.5, 0.6) is 5.75 Å². The highest BCUT2D eigenvalue weighted by molar-refractivity contribution is 5.97. The van der Waals surface area contributed by atoms with Crippen LogP contribution in [0.15, 0.2) is 54.6 Å². The number of benzene rings is 2. The summed E-state index contributed by atoms with van der Waals surface area (Å²) in [6.45, 7) is 3.00. The Kier molecular flexibility index (Phi) is 5.54. The molecule has 0 saturated heterocycles. The summed E-state index contributed by atoms with van der Waals surface area (Å²) in [6, 6.07) is 14.9. The maximum absolute atomic E-state index is 12.8. The van der Waals surface area contributed by atoms with Gasteiger partial charge >= 0.3 is 0 Å². The lowest BCUT2D eigenvalue weighted by molar-refractivity contribution is -0.131. The van der Waals surface area contributed by atoms with Gasteiger partial charge in [0.2, 0.25) is 0 Å². The molecular formula is C23H23N3O4. The number of H-pyrrole nitrogens is 1. The molecule has 2 amide bonds. The number of hydrogen-bond acceptors (Lipinski definition) is 4. The predicted molar refractivity (Wildman–Crippen MR) is 113 cm³/mol. The second-order valence-electron chi connectivity index (χ2n) is 7.25. The van der Waals surface area contributed by atoms with Crippen LogP contribution in [-0.2, 0) is 4.79 Å². The molecule has 3 N–H and O–H groups in total. The number of fused-ring (bicyclic) bond motifs is 1. The first-order valence-corrected chi connectivity index (χ1v) is 9.78. The van der Waals surface area contributed by atoms with E-state index >= 15 is 0 Å². The summed E-state index contributed by atoms with van der Waals surface area (Å²) in [7, 11) is 0. The largest absolute Gasteiger partial charge is 0.484 e. The zero-order valence-electron chi connectivity index (χ0n) is 16.6. The van der Waals surface area contributed by atoms with Gasteiger partial charge in [-0.25, -0.2) is 5.48 Å². The first-order chi connectivity index (χ1) is 14.6. The second kappa shape index (κ2) is 8.42. The zero-order valence-corrected chi connectivity index (χ0v) is 16.6. The molecule has 3 aromatic rings. The number of carbonyl (C=O) groups excluding carboxylic acids is 2. The molecule has 4 rings (SSSR count). The van der Waals surface area contributed by atoms with Crippen molar-refractivity contribution in [3.8, 4) is 5.75 Å². The first kappa shape index (κ1) is 19.7. The van der Waals surface area contributed by atoms with Crippen molar-refractivity contribution in [1.82, 2.24) is 15.4 Å². The monoisotopic (exact) mass is 405 g/mol. The Morgan fingerprint density at radius 1 is 1.17 bits per heavy atom. The number of rotatable bonds is 5. The molecule has 0 saturated carbocycles. The Morgan fingerprint density at radius 3 is 2.63 bits per heavy atom. The number of aryl methyl sites for hydroxylation is 1. The SMILES string of the molecule is Cc1[nH]c2ccccc2c1C1=CCN(C(=O)c2ccc(OCC(=O)NO)cc2)CC1. The van der Waals surface area contributed by atoms with Gasteiger partial charge in [-0.1, -0.05) is 24.3 Å². The molecule has 2 heterocycles. The number of para-hydroxylation sites is 1. The molecule has 0 bridgehead atoms. The van der Waals surface area contributed by atoms with Crippen LogP contribution in [-0.4, -0.2) is 46.6 Å². The molecule has 154 valence electrons. The van der Waals surface area contributed by atoms with E-state index in [1.807, 2.05) is 17.0 Å². The minimum absolute atomic E-state index is 0.0411. The molecule has 7 heteroatoms. The number of nitrogens with one attached hydrogen (secondary N) is 2. The fraction of sp³-hybridized carbons (Fsp3) is 0.217. The summed E-state index contributed by atoms with van der Waals surface area (Å²) < 4.78 is 5.23. The molecule has 0 unspecified atom stereocenters. The van der Waals surface area contributed by atoms with E-state index in [0.717, 1.165) is 17.6 Å². The van der Waals surface area contributed by atoms with Crippen LogP contribution in [0.25, 0.3) is 16.5 Å². The summed E-state index contributed by atoms with van der Waals surface area (Å²) in [6.07, 6.45) is 2.93. The lowest BCUT2D eigenvalue weighted by atomic mass is 9.96. The smallest absolute Gasteiger partial charge is 0.281 e. The minimum Gasteiger partial charge on any atom is -0.484 e. The number of carbonyl (C=O) groups is 2. The van der Waals surface area contributed by atoms with E-state index in [-0.39, 0.29) is 12.5 Å². The van der Waals surface area contributed by atoms with E-state index in [9.17, 15) is 9.59 Å². The minimum atomic E-state index is -0.642. The van der Waals surface area contributed by atoms with E-state index in [2.05, 4.69) is 30.1 Å². The third-order valence-corrected chi connectivity index (χ3v) is 5.31. The number of aromatic amines is 1. The summed E-state index contributed by atoms with van der Waals surface area (Å²) in [5.74, 6) is -0.233. The van der Waals surface area contributed by atoms with Gasteiger partial charge in [0, 0.05) is 40.8 Å².